The molecule has 0 atom stereocenters. The number of hydrogen-bond acceptors (Lipinski definition) is 1. The van der Waals surface area contributed by atoms with Gasteiger partial charge >= 0.3 is 6.03 Å². The molecular weight excluding hydrogens is 363 g/mol. The van der Waals surface area contributed by atoms with Crippen molar-refractivity contribution in [3.8, 4) is 0 Å². The molecule has 0 bridgehead atoms. The van der Waals surface area contributed by atoms with Gasteiger partial charge in [0.05, 0.1) is 5.69 Å². The number of benzene rings is 2. The summed E-state index contributed by atoms with van der Waals surface area (Å²) in [4.78, 5) is 11.8. The molecule has 0 saturated heterocycles. The van der Waals surface area contributed by atoms with E-state index in [4.69, 9.17) is 0 Å². The minimum absolute atomic E-state index is 0.166. The van der Waals surface area contributed by atoms with Crippen LogP contribution in [-0.4, -0.2) is 12.6 Å². The topological polar surface area (TPSA) is 41.1 Å². The van der Waals surface area contributed by atoms with Gasteiger partial charge in [0.2, 0.25) is 0 Å². The third-order valence-electron chi connectivity index (χ3n) is 2.94. The Balaban J connectivity index is 1.78. The minimum atomic E-state index is -0.166. The largest absolute Gasteiger partial charge is 0.338 e. The first-order valence-corrected chi connectivity index (χ1v) is 7.58. The molecule has 0 spiro atoms. The molecule has 20 heavy (non-hydrogen) atoms. The maximum absolute atomic E-state index is 11.8. The van der Waals surface area contributed by atoms with Gasteiger partial charge in [0.25, 0.3) is 0 Å². The second-order valence-corrected chi connectivity index (χ2v) is 5.76. The predicted molar refractivity (Wildman–Crippen MR) is 91.1 cm³/mol. The highest BCUT2D eigenvalue weighted by Gasteiger charge is 2.03. The smallest absolute Gasteiger partial charge is 0.319 e. The van der Waals surface area contributed by atoms with Crippen molar-refractivity contribution in [1.29, 1.82) is 0 Å². The first-order valence-electron chi connectivity index (χ1n) is 6.50. The lowest BCUT2D eigenvalue weighted by molar-refractivity contribution is 0.252. The fourth-order valence-electron chi connectivity index (χ4n) is 1.80. The van der Waals surface area contributed by atoms with Crippen LogP contribution in [-0.2, 0) is 6.42 Å². The molecule has 0 aliphatic carbocycles. The fraction of sp³-hybridized carbons (Fsp3) is 0.188. The number of rotatable bonds is 4. The van der Waals surface area contributed by atoms with Crippen LogP contribution < -0.4 is 10.6 Å². The number of para-hydroxylation sites is 1. The van der Waals surface area contributed by atoms with E-state index in [1.807, 2.05) is 24.3 Å². The minimum Gasteiger partial charge on any atom is -0.338 e. The summed E-state index contributed by atoms with van der Waals surface area (Å²) in [5.74, 6) is 0. The predicted octanol–water partition coefficient (Wildman–Crippen LogP) is 3.96. The molecule has 0 radical (unpaired) electrons. The van der Waals surface area contributed by atoms with E-state index in [0.717, 1.165) is 15.7 Å². The molecule has 0 aliphatic rings. The highest BCUT2D eigenvalue weighted by Crippen LogP contribution is 2.16. The Hall–Kier alpha value is -1.56. The third kappa shape index (κ3) is 4.52. The summed E-state index contributed by atoms with van der Waals surface area (Å²) in [6.07, 6.45) is 0.833. The maximum atomic E-state index is 11.8. The van der Waals surface area contributed by atoms with Crippen molar-refractivity contribution >= 4 is 34.3 Å². The van der Waals surface area contributed by atoms with Crippen molar-refractivity contribution in [3.05, 3.63) is 63.2 Å². The number of amides is 2. The normalized spacial score (nSPS) is 10.1. The Kier molecular flexibility index (Phi) is 5.40. The number of halogens is 1. The van der Waals surface area contributed by atoms with Gasteiger partial charge in [-0.2, -0.15) is 0 Å². The Morgan fingerprint density at radius 2 is 1.80 bits per heavy atom. The quantitative estimate of drug-likeness (QED) is 0.775. The zero-order valence-corrected chi connectivity index (χ0v) is 13.5. The molecule has 0 heterocycles. The number of urea groups is 1. The van der Waals surface area contributed by atoms with Crippen LogP contribution in [0, 0.1) is 10.5 Å². The van der Waals surface area contributed by atoms with Crippen molar-refractivity contribution in [3.63, 3.8) is 0 Å². The summed E-state index contributed by atoms with van der Waals surface area (Å²) >= 11 is 2.20. The fourth-order valence-corrected chi connectivity index (χ4v) is 2.33. The number of carbonyl (C=O) groups is 1. The second-order valence-electron chi connectivity index (χ2n) is 4.60. The van der Waals surface area contributed by atoms with Gasteiger partial charge in [0, 0.05) is 10.1 Å². The lowest BCUT2D eigenvalue weighted by Crippen LogP contribution is -2.30. The van der Waals surface area contributed by atoms with E-state index >= 15 is 0 Å². The number of anilines is 1. The lowest BCUT2D eigenvalue weighted by Gasteiger charge is -2.09. The Bertz CT molecular complexity index is 581. The number of aryl methyl sites for hydroxylation is 1. The first kappa shape index (κ1) is 14.8. The van der Waals surface area contributed by atoms with Crippen LogP contribution in [0.5, 0.6) is 0 Å². The van der Waals surface area contributed by atoms with Crippen LogP contribution in [0.4, 0.5) is 10.5 Å². The summed E-state index contributed by atoms with van der Waals surface area (Å²) in [6.45, 7) is 2.69. The van der Waals surface area contributed by atoms with Crippen molar-refractivity contribution < 1.29 is 4.79 Å². The van der Waals surface area contributed by atoms with Crippen LogP contribution in [0.3, 0.4) is 0 Å². The van der Waals surface area contributed by atoms with Gasteiger partial charge in [-0.05, 0) is 53.6 Å². The Morgan fingerprint density at radius 3 is 2.50 bits per heavy atom. The van der Waals surface area contributed by atoms with E-state index in [2.05, 4.69) is 64.4 Å². The Labute approximate surface area is 132 Å². The summed E-state index contributed by atoms with van der Waals surface area (Å²) in [7, 11) is 0. The molecule has 104 valence electrons. The summed E-state index contributed by atoms with van der Waals surface area (Å²) in [5, 5.41) is 5.72. The highest BCUT2D eigenvalue weighted by molar-refractivity contribution is 14.1. The summed E-state index contributed by atoms with van der Waals surface area (Å²) < 4.78 is 1.03. The first-order chi connectivity index (χ1) is 9.65. The van der Waals surface area contributed by atoms with Gasteiger partial charge in [-0.25, -0.2) is 4.79 Å². The van der Waals surface area contributed by atoms with Gasteiger partial charge in [-0.3, -0.25) is 0 Å². The monoisotopic (exact) mass is 380 g/mol. The Morgan fingerprint density at radius 1 is 1.10 bits per heavy atom. The van der Waals surface area contributed by atoms with E-state index < -0.39 is 0 Å². The SMILES string of the molecule is Cc1ccc(CCNC(=O)Nc2ccccc2I)cc1. The van der Waals surface area contributed by atoms with Gasteiger partial charge in [0.15, 0.2) is 0 Å². The van der Waals surface area contributed by atoms with Crippen LogP contribution in [0.2, 0.25) is 0 Å². The zero-order valence-electron chi connectivity index (χ0n) is 11.3. The molecule has 3 nitrogen and oxygen atoms in total. The molecule has 0 aliphatic heterocycles. The zero-order chi connectivity index (χ0) is 14.4. The van der Waals surface area contributed by atoms with Crippen LogP contribution in [0.1, 0.15) is 11.1 Å². The second kappa shape index (κ2) is 7.28. The average Bonchev–Trinajstić information content (AvgIpc) is 2.44. The lowest BCUT2D eigenvalue weighted by atomic mass is 10.1. The van der Waals surface area contributed by atoms with Gasteiger partial charge in [-0.1, -0.05) is 42.0 Å². The maximum Gasteiger partial charge on any atom is 0.319 e. The molecule has 0 aromatic heterocycles. The van der Waals surface area contributed by atoms with Crippen LogP contribution in [0.25, 0.3) is 0 Å². The average molecular weight is 380 g/mol. The van der Waals surface area contributed by atoms with Crippen LogP contribution in [0.15, 0.2) is 48.5 Å². The van der Waals surface area contributed by atoms with E-state index in [9.17, 15) is 4.79 Å². The summed E-state index contributed by atoms with van der Waals surface area (Å²) in [6, 6.07) is 15.9. The molecule has 2 amide bonds. The molecular formula is C16H17IN2O. The molecule has 4 heteroatoms. The van der Waals surface area contributed by atoms with Gasteiger partial charge < -0.3 is 10.6 Å². The van der Waals surface area contributed by atoms with E-state index in [-0.39, 0.29) is 6.03 Å². The summed E-state index contributed by atoms with van der Waals surface area (Å²) in [5.41, 5.74) is 3.31. The van der Waals surface area contributed by atoms with Crippen LogP contribution >= 0.6 is 22.6 Å². The molecule has 0 saturated carbocycles. The number of hydrogen-bond donors (Lipinski definition) is 2. The van der Waals surface area contributed by atoms with Gasteiger partial charge in [-0.15, -0.1) is 0 Å². The van der Waals surface area contributed by atoms with E-state index in [1.165, 1.54) is 11.1 Å². The molecule has 2 aromatic carbocycles. The molecule has 0 unspecified atom stereocenters. The molecule has 2 rings (SSSR count). The molecule has 0 fully saturated rings. The van der Waals surface area contributed by atoms with Crippen molar-refractivity contribution in [2.45, 2.75) is 13.3 Å². The van der Waals surface area contributed by atoms with Gasteiger partial charge in [0.1, 0.15) is 0 Å². The number of nitrogens with one attached hydrogen (secondary N) is 2. The molecule has 2 N–H and O–H groups in total. The van der Waals surface area contributed by atoms with E-state index in [0.29, 0.717) is 6.54 Å². The third-order valence-corrected chi connectivity index (χ3v) is 3.88. The van der Waals surface area contributed by atoms with E-state index in [1.54, 1.807) is 0 Å². The standard InChI is InChI=1S/C16H17IN2O/c1-12-6-8-13(9-7-12)10-11-18-16(20)19-15-5-3-2-4-14(15)17/h2-9H,10-11H2,1H3,(H2,18,19,20). The number of carbonyl (C=O) groups excluding carboxylic acids is 1. The van der Waals surface area contributed by atoms with Crippen molar-refractivity contribution in [1.82, 2.24) is 5.32 Å². The van der Waals surface area contributed by atoms with Crippen molar-refractivity contribution in [2.24, 2.45) is 0 Å². The molecule has 2 aromatic rings. The highest BCUT2D eigenvalue weighted by atomic mass is 127. The van der Waals surface area contributed by atoms with Crippen molar-refractivity contribution in [2.75, 3.05) is 11.9 Å².